The van der Waals surface area contributed by atoms with Gasteiger partial charge in [-0.1, -0.05) is 6.07 Å². The molecule has 5 nitrogen and oxygen atoms in total. The lowest BCUT2D eigenvalue weighted by molar-refractivity contribution is 0.0945. The van der Waals surface area contributed by atoms with Crippen LogP contribution in [0.2, 0.25) is 0 Å². The molecule has 1 heterocycles. The van der Waals surface area contributed by atoms with Crippen LogP contribution in [0.1, 0.15) is 36.2 Å². The highest BCUT2D eigenvalue weighted by Crippen LogP contribution is 2.22. The van der Waals surface area contributed by atoms with E-state index in [9.17, 15) is 22.8 Å². The minimum absolute atomic E-state index is 0.0568. The molecule has 0 saturated carbocycles. The van der Waals surface area contributed by atoms with Gasteiger partial charge in [0, 0.05) is 23.9 Å². The minimum atomic E-state index is -0.817. The summed E-state index contributed by atoms with van der Waals surface area (Å²) in [5, 5.41) is 5.75. The van der Waals surface area contributed by atoms with Crippen molar-refractivity contribution in [1.29, 1.82) is 0 Å². The maximum atomic E-state index is 14.3. The average molecular weight is 419 g/mol. The summed E-state index contributed by atoms with van der Waals surface area (Å²) in [5.41, 5.74) is 0.439. The van der Waals surface area contributed by atoms with E-state index in [0.717, 1.165) is 17.1 Å². The van der Waals surface area contributed by atoms with E-state index in [-0.39, 0.29) is 23.4 Å². The highest BCUT2D eigenvalue weighted by Gasteiger charge is 2.17. The fourth-order valence-corrected chi connectivity index (χ4v) is 3.24. The number of aryl methyl sites for hydroxylation is 2. The number of amides is 2. The molecule has 0 unspecified atom stereocenters. The summed E-state index contributed by atoms with van der Waals surface area (Å²) >= 11 is 1.20. The van der Waals surface area contributed by atoms with E-state index in [1.807, 2.05) is 0 Å². The first-order valence-electron chi connectivity index (χ1n) is 8.50. The van der Waals surface area contributed by atoms with Crippen molar-refractivity contribution in [3.8, 4) is 0 Å². The summed E-state index contributed by atoms with van der Waals surface area (Å²) < 4.78 is 40.9. The van der Waals surface area contributed by atoms with Gasteiger partial charge in [-0.15, -0.1) is 11.3 Å². The lowest BCUT2D eigenvalue weighted by Crippen LogP contribution is -2.25. The van der Waals surface area contributed by atoms with Crippen molar-refractivity contribution in [2.24, 2.45) is 0 Å². The van der Waals surface area contributed by atoms with E-state index in [2.05, 4.69) is 15.6 Å². The van der Waals surface area contributed by atoms with E-state index in [1.54, 1.807) is 13.8 Å². The Morgan fingerprint density at radius 1 is 1.03 bits per heavy atom. The molecular weight excluding hydrogens is 403 g/mol. The van der Waals surface area contributed by atoms with Crippen LogP contribution in [-0.4, -0.2) is 16.8 Å². The van der Waals surface area contributed by atoms with Crippen LogP contribution in [0.15, 0.2) is 36.5 Å². The molecule has 9 heteroatoms. The Morgan fingerprint density at radius 3 is 2.45 bits per heavy atom. The number of carbonyl (C=O) groups is 2. The molecule has 3 aromatic rings. The maximum Gasteiger partial charge on any atom is 0.267 e. The summed E-state index contributed by atoms with van der Waals surface area (Å²) in [6.07, 6.45) is 1.43. The number of nitrogens with one attached hydrogen (secondary N) is 2. The number of aromatic nitrogens is 1. The second-order valence-electron chi connectivity index (χ2n) is 6.26. The molecule has 1 aromatic heterocycles. The van der Waals surface area contributed by atoms with E-state index in [4.69, 9.17) is 0 Å². The predicted octanol–water partition coefficient (Wildman–Crippen LogP) is 4.36. The van der Waals surface area contributed by atoms with E-state index in [1.165, 1.54) is 29.7 Å². The van der Waals surface area contributed by atoms with Gasteiger partial charge in [-0.2, -0.15) is 0 Å². The zero-order valence-electron chi connectivity index (χ0n) is 15.5. The third-order valence-corrected chi connectivity index (χ3v) is 5.02. The normalized spacial score (nSPS) is 10.7. The SMILES string of the molecule is Cc1ncc(C(=O)Nc2cc(C(=O)NCc3ccc(F)cc3F)c(F)cc2C)s1. The van der Waals surface area contributed by atoms with Crippen LogP contribution in [0, 0.1) is 31.3 Å². The molecule has 0 aliphatic rings. The van der Waals surface area contributed by atoms with E-state index in [0.29, 0.717) is 16.5 Å². The first-order valence-corrected chi connectivity index (χ1v) is 9.32. The minimum Gasteiger partial charge on any atom is -0.348 e. The van der Waals surface area contributed by atoms with Gasteiger partial charge in [-0.05, 0) is 37.6 Å². The third kappa shape index (κ3) is 4.80. The molecule has 3 rings (SSSR count). The molecule has 2 N–H and O–H groups in total. The van der Waals surface area contributed by atoms with Crippen LogP contribution >= 0.6 is 11.3 Å². The van der Waals surface area contributed by atoms with Crippen molar-refractivity contribution >= 4 is 28.8 Å². The predicted molar refractivity (Wildman–Crippen MR) is 103 cm³/mol. The number of halogens is 3. The van der Waals surface area contributed by atoms with Crippen molar-refractivity contribution in [2.45, 2.75) is 20.4 Å². The average Bonchev–Trinajstić information content (AvgIpc) is 3.09. The van der Waals surface area contributed by atoms with Crippen LogP contribution in [0.4, 0.5) is 18.9 Å². The fraction of sp³-hybridized carbons (Fsp3) is 0.150. The van der Waals surface area contributed by atoms with Crippen molar-refractivity contribution in [1.82, 2.24) is 10.3 Å². The van der Waals surface area contributed by atoms with E-state index < -0.39 is 29.3 Å². The van der Waals surface area contributed by atoms with Gasteiger partial charge in [0.25, 0.3) is 11.8 Å². The molecular formula is C20H16F3N3O2S. The molecule has 2 aromatic carbocycles. The van der Waals surface area contributed by atoms with Crippen molar-refractivity contribution in [3.05, 3.63) is 80.6 Å². The number of benzene rings is 2. The monoisotopic (exact) mass is 419 g/mol. The number of anilines is 1. The first-order chi connectivity index (χ1) is 13.7. The van der Waals surface area contributed by atoms with Crippen LogP contribution in [-0.2, 0) is 6.54 Å². The van der Waals surface area contributed by atoms with Crippen molar-refractivity contribution in [3.63, 3.8) is 0 Å². The summed E-state index contributed by atoms with van der Waals surface area (Å²) in [7, 11) is 0. The second-order valence-corrected chi connectivity index (χ2v) is 7.50. The van der Waals surface area contributed by atoms with Crippen LogP contribution in [0.25, 0.3) is 0 Å². The van der Waals surface area contributed by atoms with Gasteiger partial charge in [-0.3, -0.25) is 9.59 Å². The zero-order chi connectivity index (χ0) is 21.1. The quantitative estimate of drug-likeness (QED) is 0.646. The number of nitrogens with zero attached hydrogens (tertiary/aromatic N) is 1. The topological polar surface area (TPSA) is 71.1 Å². The van der Waals surface area contributed by atoms with Gasteiger partial charge < -0.3 is 10.6 Å². The van der Waals surface area contributed by atoms with Crippen molar-refractivity contribution in [2.75, 3.05) is 5.32 Å². The Kier molecular flexibility index (Phi) is 5.97. The molecule has 150 valence electrons. The summed E-state index contributed by atoms with van der Waals surface area (Å²) in [6.45, 7) is 3.10. The number of rotatable bonds is 5. The van der Waals surface area contributed by atoms with Gasteiger partial charge >= 0.3 is 0 Å². The Morgan fingerprint density at radius 2 is 1.79 bits per heavy atom. The number of thiazole rings is 1. The second kappa shape index (κ2) is 8.44. The summed E-state index contributed by atoms with van der Waals surface area (Å²) in [5.74, 6) is -3.56. The van der Waals surface area contributed by atoms with Crippen LogP contribution in [0.5, 0.6) is 0 Å². The standard InChI is InChI=1S/C20H16F3N3O2S/c1-10-5-16(23)14(7-17(10)26-20(28)18-9-24-11(2)29-18)19(27)25-8-12-3-4-13(21)6-15(12)22/h3-7,9H,8H2,1-2H3,(H,25,27)(H,26,28). The Hall–Kier alpha value is -3.20. The Bertz CT molecular complexity index is 1100. The number of hydrogen-bond donors (Lipinski definition) is 2. The molecule has 0 radical (unpaired) electrons. The fourth-order valence-electron chi connectivity index (χ4n) is 2.57. The van der Waals surface area contributed by atoms with E-state index >= 15 is 0 Å². The van der Waals surface area contributed by atoms with Crippen LogP contribution in [0.3, 0.4) is 0 Å². The first kappa shape index (κ1) is 20.5. The number of hydrogen-bond acceptors (Lipinski definition) is 4. The molecule has 0 spiro atoms. The lowest BCUT2D eigenvalue weighted by atomic mass is 10.1. The van der Waals surface area contributed by atoms with Gasteiger partial charge in [-0.25, -0.2) is 18.2 Å². The number of carbonyl (C=O) groups excluding carboxylic acids is 2. The largest absolute Gasteiger partial charge is 0.348 e. The van der Waals surface area contributed by atoms with Crippen LogP contribution < -0.4 is 10.6 Å². The third-order valence-electron chi connectivity index (χ3n) is 4.11. The van der Waals surface area contributed by atoms with Crippen molar-refractivity contribution < 1.29 is 22.8 Å². The van der Waals surface area contributed by atoms with Gasteiger partial charge in [0.2, 0.25) is 0 Å². The Labute approximate surface area is 168 Å². The molecule has 29 heavy (non-hydrogen) atoms. The highest BCUT2D eigenvalue weighted by atomic mass is 32.1. The zero-order valence-corrected chi connectivity index (χ0v) is 16.3. The van der Waals surface area contributed by atoms with Gasteiger partial charge in [0.15, 0.2) is 0 Å². The van der Waals surface area contributed by atoms with Gasteiger partial charge in [0.05, 0.1) is 16.8 Å². The molecule has 0 aliphatic heterocycles. The molecule has 2 amide bonds. The van der Waals surface area contributed by atoms with Gasteiger partial charge in [0.1, 0.15) is 22.3 Å². The summed E-state index contributed by atoms with van der Waals surface area (Å²) in [4.78, 5) is 29.1. The molecule has 0 fully saturated rings. The molecule has 0 saturated heterocycles. The maximum absolute atomic E-state index is 14.3. The Balaban J connectivity index is 1.77. The molecule has 0 atom stereocenters. The lowest BCUT2D eigenvalue weighted by Gasteiger charge is -2.12. The molecule has 0 bridgehead atoms. The summed E-state index contributed by atoms with van der Waals surface area (Å²) in [6, 6.07) is 5.29. The highest BCUT2D eigenvalue weighted by molar-refractivity contribution is 7.13. The smallest absolute Gasteiger partial charge is 0.267 e. The molecule has 0 aliphatic carbocycles.